The lowest BCUT2D eigenvalue weighted by Gasteiger charge is -2.12. The molecule has 7 heteroatoms. The highest BCUT2D eigenvalue weighted by Gasteiger charge is 2.27. The van der Waals surface area contributed by atoms with Gasteiger partial charge in [0.1, 0.15) is 19.6 Å². The summed E-state index contributed by atoms with van der Waals surface area (Å²) < 4.78 is 6.27. The minimum Gasteiger partial charge on any atom is -0.383 e. The first-order valence-corrected chi connectivity index (χ1v) is 9.02. The molecule has 1 N–H and O–H groups in total. The standard InChI is InChI=1S/C19H12BClN2O2S/c20-15-8-7-14(26-15)19-16(18(24)12-2-1-9-22-10-12)17(23-25-19)11-3-5-13(21)6-4-11/h1-10,18,24H. The van der Waals surface area contributed by atoms with Crippen LogP contribution in [0.5, 0.6) is 0 Å². The number of thiophene rings is 1. The van der Waals surface area contributed by atoms with Crippen LogP contribution in [0, 0.1) is 0 Å². The highest BCUT2D eigenvalue weighted by Crippen LogP contribution is 2.40. The second-order valence-electron chi connectivity index (χ2n) is 5.67. The van der Waals surface area contributed by atoms with Crippen molar-refractivity contribution in [2.24, 2.45) is 0 Å². The maximum Gasteiger partial charge on any atom is 0.183 e. The fraction of sp³-hybridized carbons (Fsp3) is 0.0526. The Hall–Kier alpha value is -2.41. The smallest absolute Gasteiger partial charge is 0.183 e. The van der Waals surface area contributed by atoms with Crippen LogP contribution in [0.1, 0.15) is 17.2 Å². The molecule has 0 aliphatic heterocycles. The Morgan fingerprint density at radius 1 is 1.12 bits per heavy atom. The summed E-state index contributed by atoms with van der Waals surface area (Å²) in [5, 5.41) is 15.9. The lowest BCUT2D eigenvalue weighted by atomic mass is 9.97. The molecule has 2 radical (unpaired) electrons. The van der Waals surface area contributed by atoms with Crippen LogP contribution >= 0.6 is 22.9 Å². The Kier molecular flexibility index (Phi) is 4.63. The summed E-state index contributed by atoms with van der Waals surface area (Å²) in [6, 6.07) is 14.5. The van der Waals surface area contributed by atoms with Crippen molar-refractivity contribution in [1.82, 2.24) is 10.1 Å². The van der Waals surface area contributed by atoms with E-state index in [1.54, 1.807) is 36.7 Å². The van der Waals surface area contributed by atoms with E-state index in [9.17, 15) is 5.11 Å². The predicted molar refractivity (Wildman–Crippen MR) is 104 cm³/mol. The molecule has 4 aromatic rings. The maximum atomic E-state index is 11.0. The number of aliphatic hydroxyl groups excluding tert-OH is 1. The molecule has 1 aromatic carbocycles. The van der Waals surface area contributed by atoms with Crippen LogP contribution in [-0.2, 0) is 0 Å². The average Bonchev–Trinajstić information content (AvgIpc) is 3.28. The first kappa shape index (κ1) is 17.0. The lowest BCUT2D eigenvalue weighted by molar-refractivity contribution is 0.220. The van der Waals surface area contributed by atoms with Gasteiger partial charge in [-0.25, -0.2) is 0 Å². The molecular formula is C19H12BClN2O2S. The predicted octanol–water partition coefficient (Wildman–Crippen LogP) is 3.99. The van der Waals surface area contributed by atoms with Crippen molar-refractivity contribution in [3.05, 3.63) is 77.1 Å². The molecule has 126 valence electrons. The number of aliphatic hydroxyl groups is 1. The Bertz CT molecular complexity index is 1030. The van der Waals surface area contributed by atoms with Gasteiger partial charge in [-0.2, -0.15) is 0 Å². The van der Waals surface area contributed by atoms with E-state index < -0.39 is 6.10 Å². The summed E-state index contributed by atoms with van der Waals surface area (Å²) in [4.78, 5) is 4.89. The third-order valence-corrected chi connectivity index (χ3v) is 5.13. The van der Waals surface area contributed by atoms with Gasteiger partial charge in [0, 0.05) is 28.5 Å². The molecule has 0 saturated heterocycles. The molecule has 1 atom stereocenters. The molecule has 26 heavy (non-hydrogen) atoms. The summed E-state index contributed by atoms with van der Waals surface area (Å²) in [6.07, 6.45) is 2.33. The van der Waals surface area contributed by atoms with E-state index in [1.165, 1.54) is 11.3 Å². The second kappa shape index (κ2) is 7.07. The van der Waals surface area contributed by atoms with Crippen LogP contribution in [0.15, 0.2) is 65.4 Å². The Labute approximate surface area is 160 Å². The number of benzene rings is 1. The van der Waals surface area contributed by atoms with Crippen LogP contribution in [0.25, 0.3) is 21.9 Å². The van der Waals surface area contributed by atoms with E-state index in [2.05, 4.69) is 10.1 Å². The number of hydrogen-bond acceptors (Lipinski definition) is 5. The SMILES string of the molecule is [B]c1ccc(-c2onc(-c3ccc(Cl)cc3)c2C(O)c2cccnc2)s1. The van der Waals surface area contributed by atoms with Gasteiger partial charge < -0.3 is 9.63 Å². The first-order chi connectivity index (χ1) is 12.6. The Morgan fingerprint density at radius 3 is 2.58 bits per heavy atom. The van der Waals surface area contributed by atoms with Gasteiger partial charge in [0.2, 0.25) is 0 Å². The number of pyridine rings is 1. The topological polar surface area (TPSA) is 59.2 Å². The molecule has 0 amide bonds. The summed E-state index contributed by atoms with van der Waals surface area (Å²) in [5.74, 6) is 0.494. The van der Waals surface area contributed by atoms with E-state index in [0.29, 0.717) is 32.4 Å². The first-order valence-electron chi connectivity index (χ1n) is 7.82. The van der Waals surface area contributed by atoms with E-state index in [1.807, 2.05) is 24.3 Å². The Morgan fingerprint density at radius 2 is 1.92 bits per heavy atom. The fourth-order valence-corrected chi connectivity index (χ4v) is 3.62. The van der Waals surface area contributed by atoms with Crippen LogP contribution in [0.4, 0.5) is 0 Å². The zero-order chi connectivity index (χ0) is 18.1. The maximum absolute atomic E-state index is 11.0. The molecular weight excluding hydrogens is 367 g/mol. The monoisotopic (exact) mass is 378 g/mol. The summed E-state index contributed by atoms with van der Waals surface area (Å²) >= 11 is 7.36. The van der Waals surface area contributed by atoms with Gasteiger partial charge in [0.25, 0.3) is 0 Å². The average molecular weight is 379 g/mol. The van der Waals surface area contributed by atoms with Gasteiger partial charge in [-0.05, 0) is 29.0 Å². The van der Waals surface area contributed by atoms with Gasteiger partial charge in [-0.15, -0.1) is 11.3 Å². The minimum atomic E-state index is -0.945. The number of aromatic nitrogens is 2. The molecule has 0 bridgehead atoms. The molecule has 0 saturated carbocycles. The normalized spacial score (nSPS) is 12.2. The van der Waals surface area contributed by atoms with Gasteiger partial charge >= 0.3 is 0 Å². The zero-order valence-corrected chi connectivity index (χ0v) is 15.0. The van der Waals surface area contributed by atoms with Gasteiger partial charge in [0.15, 0.2) is 5.76 Å². The molecule has 4 rings (SSSR count). The summed E-state index contributed by atoms with van der Waals surface area (Å²) in [7, 11) is 5.86. The molecule has 3 aromatic heterocycles. The minimum absolute atomic E-state index is 0.494. The molecule has 3 heterocycles. The van der Waals surface area contributed by atoms with Crippen molar-refractivity contribution in [2.75, 3.05) is 0 Å². The van der Waals surface area contributed by atoms with Crippen molar-refractivity contribution < 1.29 is 9.63 Å². The molecule has 0 spiro atoms. The molecule has 4 nitrogen and oxygen atoms in total. The second-order valence-corrected chi connectivity index (χ2v) is 7.22. The highest BCUT2D eigenvalue weighted by atomic mass is 35.5. The third kappa shape index (κ3) is 3.19. The molecule has 1 unspecified atom stereocenters. The molecule has 0 aliphatic carbocycles. The fourth-order valence-electron chi connectivity index (χ4n) is 2.72. The summed E-state index contributed by atoms with van der Waals surface area (Å²) in [5.41, 5.74) is 2.57. The quantitative estimate of drug-likeness (QED) is 0.545. The highest BCUT2D eigenvalue weighted by molar-refractivity contribution is 7.23. The van der Waals surface area contributed by atoms with Gasteiger partial charge in [-0.1, -0.05) is 41.0 Å². The van der Waals surface area contributed by atoms with E-state index in [4.69, 9.17) is 24.0 Å². The molecule has 0 fully saturated rings. The van der Waals surface area contributed by atoms with Crippen LogP contribution < -0.4 is 4.78 Å². The van der Waals surface area contributed by atoms with Crippen LogP contribution in [-0.4, -0.2) is 23.1 Å². The molecule has 0 aliphatic rings. The van der Waals surface area contributed by atoms with Crippen molar-refractivity contribution in [2.45, 2.75) is 6.10 Å². The van der Waals surface area contributed by atoms with Crippen molar-refractivity contribution in [3.8, 4) is 21.9 Å². The number of nitrogens with zero attached hydrogens (tertiary/aromatic N) is 2. The third-order valence-electron chi connectivity index (χ3n) is 3.97. The number of halogens is 1. The van der Waals surface area contributed by atoms with E-state index >= 15 is 0 Å². The van der Waals surface area contributed by atoms with Gasteiger partial charge in [-0.3, -0.25) is 4.98 Å². The van der Waals surface area contributed by atoms with E-state index in [-0.39, 0.29) is 0 Å². The van der Waals surface area contributed by atoms with Crippen molar-refractivity contribution >= 4 is 35.6 Å². The van der Waals surface area contributed by atoms with Gasteiger partial charge in [0.05, 0.1) is 10.4 Å². The van der Waals surface area contributed by atoms with Crippen molar-refractivity contribution in [3.63, 3.8) is 0 Å². The van der Waals surface area contributed by atoms with Crippen LogP contribution in [0.2, 0.25) is 5.02 Å². The zero-order valence-electron chi connectivity index (χ0n) is 13.5. The summed E-state index contributed by atoms with van der Waals surface area (Å²) in [6.45, 7) is 0. The number of hydrogen-bond donors (Lipinski definition) is 1. The Balaban J connectivity index is 1.90. The lowest BCUT2D eigenvalue weighted by Crippen LogP contribution is -2.02. The largest absolute Gasteiger partial charge is 0.383 e. The van der Waals surface area contributed by atoms with E-state index in [0.717, 1.165) is 10.4 Å². The van der Waals surface area contributed by atoms with Crippen LogP contribution in [0.3, 0.4) is 0 Å². The van der Waals surface area contributed by atoms with Crippen molar-refractivity contribution in [1.29, 1.82) is 0 Å². The number of rotatable bonds is 4.